The Hall–Kier alpha value is -2.84. The lowest BCUT2D eigenvalue weighted by Gasteiger charge is -2.26. The lowest BCUT2D eigenvalue weighted by Crippen LogP contribution is -2.35. The zero-order valence-electron chi connectivity index (χ0n) is 15.7. The highest BCUT2D eigenvalue weighted by Gasteiger charge is 2.30. The first-order chi connectivity index (χ1) is 12.0. The number of amides is 3. The Kier molecular flexibility index (Phi) is 5.38. The van der Waals surface area contributed by atoms with E-state index in [1.807, 2.05) is 0 Å². The maximum atomic E-state index is 12.3. The van der Waals surface area contributed by atoms with E-state index in [0.717, 1.165) is 0 Å². The van der Waals surface area contributed by atoms with Gasteiger partial charge < -0.3 is 14.5 Å². The Morgan fingerprint density at radius 2 is 2.00 bits per heavy atom. The van der Waals surface area contributed by atoms with E-state index in [1.165, 1.54) is 17.0 Å². The second-order valence-electron chi connectivity index (χ2n) is 7.26. The van der Waals surface area contributed by atoms with Crippen molar-refractivity contribution in [1.29, 1.82) is 0 Å². The summed E-state index contributed by atoms with van der Waals surface area (Å²) in [7, 11) is 3.24. The van der Waals surface area contributed by atoms with E-state index in [0.29, 0.717) is 24.3 Å². The molecule has 142 valence electrons. The monoisotopic (exact) mass is 364 g/mol. The van der Waals surface area contributed by atoms with Crippen LogP contribution in [0.1, 0.15) is 26.3 Å². The van der Waals surface area contributed by atoms with Gasteiger partial charge in [-0.15, -0.1) is 0 Å². The molecule has 1 heterocycles. The molecular weight excluding hydrogens is 340 g/mol. The molecule has 1 aliphatic heterocycles. The van der Waals surface area contributed by atoms with Gasteiger partial charge in [0.25, 0.3) is 5.69 Å². The molecule has 0 radical (unpaired) electrons. The average Bonchev–Trinajstić information content (AvgIpc) is 2.85. The Bertz CT molecular complexity index is 728. The quantitative estimate of drug-likeness (QED) is 0.604. The van der Waals surface area contributed by atoms with E-state index in [9.17, 15) is 19.7 Å². The third-order valence-corrected chi connectivity index (χ3v) is 3.89. The maximum Gasteiger partial charge on any atom is 0.410 e. The number of non-ortho nitro benzene ring substituents is 1. The van der Waals surface area contributed by atoms with Gasteiger partial charge in [-0.3, -0.25) is 15.0 Å². The number of likely N-dealkylation sites (N-methyl/N-ethyl adjacent to an activating group) is 1. The molecule has 0 N–H and O–H groups in total. The Labute approximate surface area is 152 Å². The van der Waals surface area contributed by atoms with Gasteiger partial charge in [0.05, 0.1) is 17.2 Å². The minimum absolute atomic E-state index is 0.0828. The van der Waals surface area contributed by atoms with Crippen LogP contribution in [-0.4, -0.2) is 59.6 Å². The largest absolute Gasteiger partial charge is 0.444 e. The number of nitro benzene ring substituents is 1. The van der Waals surface area contributed by atoms with E-state index in [2.05, 4.69) is 0 Å². The topological polar surface area (TPSA) is 96.2 Å². The number of anilines is 1. The zero-order chi connectivity index (χ0) is 19.6. The zero-order valence-corrected chi connectivity index (χ0v) is 15.7. The summed E-state index contributed by atoms with van der Waals surface area (Å²) >= 11 is 0. The summed E-state index contributed by atoms with van der Waals surface area (Å²) in [5.74, 6) is 0. The van der Waals surface area contributed by atoms with Crippen molar-refractivity contribution >= 4 is 23.5 Å². The third kappa shape index (κ3) is 4.41. The number of hydrogen-bond donors (Lipinski definition) is 0. The molecule has 0 spiro atoms. The van der Waals surface area contributed by atoms with Gasteiger partial charge in [-0.1, -0.05) is 0 Å². The fraction of sp³-hybridized carbons (Fsp3) is 0.529. The van der Waals surface area contributed by atoms with Crippen LogP contribution in [0.5, 0.6) is 0 Å². The molecular formula is C17H24N4O5. The maximum absolute atomic E-state index is 12.3. The van der Waals surface area contributed by atoms with Gasteiger partial charge in [0.2, 0.25) is 0 Å². The van der Waals surface area contributed by atoms with Crippen molar-refractivity contribution < 1.29 is 19.2 Å². The molecule has 9 heteroatoms. The highest BCUT2D eigenvalue weighted by molar-refractivity contribution is 5.95. The summed E-state index contributed by atoms with van der Waals surface area (Å²) in [5, 5.41) is 11.1. The van der Waals surface area contributed by atoms with Crippen LogP contribution in [0.3, 0.4) is 0 Å². The predicted molar refractivity (Wildman–Crippen MR) is 96.2 cm³/mol. The fourth-order valence-electron chi connectivity index (χ4n) is 2.61. The molecule has 1 aromatic carbocycles. The third-order valence-electron chi connectivity index (χ3n) is 3.89. The highest BCUT2D eigenvalue weighted by atomic mass is 16.6. The molecule has 0 atom stereocenters. The summed E-state index contributed by atoms with van der Waals surface area (Å²) in [6, 6.07) is 4.12. The Morgan fingerprint density at radius 1 is 1.35 bits per heavy atom. The average molecular weight is 364 g/mol. The summed E-state index contributed by atoms with van der Waals surface area (Å²) < 4.78 is 5.32. The number of carbonyl (C=O) groups excluding carboxylic acids is 2. The minimum atomic E-state index is -0.648. The molecule has 1 fully saturated rings. The first-order valence-electron chi connectivity index (χ1n) is 8.23. The minimum Gasteiger partial charge on any atom is -0.444 e. The van der Waals surface area contributed by atoms with E-state index < -0.39 is 16.6 Å². The molecule has 3 amide bonds. The van der Waals surface area contributed by atoms with E-state index in [4.69, 9.17) is 4.74 Å². The number of carbonyl (C=O) groups is 2. The van der Waals surface area contributed by atoms with Crippen molar-refractivity contribution in [3.8, 4) is 0 Å². The van der Waals surface area contributed by atoms with Crippen LogP contribution in [0.2, 0.25) is 0 Å². The smallest absolute Gasteiger partial charge is 0.410 e. The van der Waals surface area contributed by atoms with Gasteiger partial charge in [0.1, 0.15) is 5.60 Å². The lowest BCUT2D eigenvalue weighted by molar-refractivity contribution is -0.384. The van der Waals surface area contributed by atoms with Crippen molar-refractivity contribution in [3.63, 3.8) is 0 Å². The number of benzene rings is 1. The van der Waals surface area contributed by atoms with Crippen molar-refractivity contribution in [2.24, 2.45) is 0 Å². The lowest BCUT2D eigenvalue weighted by atomic mass is 10.1. The Balaban J connectivity index is 2.32. The summed E-state index contributed by atoms with van der Waals surface area (Å²) in [6.45, 7) is 6.41. The van der Waals surface area contributed by atoms with Crippen LogP contribution in [0, 0.1) is 10.1 Å². The highest BCUT2D eigenvalue weighted by Crippen LogP contribution is 2.29. The van der Waals surface area contributed by atoms with Gasteiger partial charge >= 0.3 is 12.1 Å². The van der Waals surface area contributed by atoms with Gasteiger partial charge in [0, 0.05) is 44.9 Å². The van der Waals surface area contributed by atoms with Crippen LogP contribution in [0.4, 0.5) is 21.0 Å². The molecule has 0 bridgehead atoms. The fourth-order valence-corrected chi connectivity index (χ4v) is 2.61. The summed E-state index contributed by atoms with van der Waals surface area (Å²) in [6.07, 6.45) is -0.542. The molecule has 0 aliphatic carbocycles. The number of nitrogens with zero attached hydrogens (tertiary/aromatic N) is 4. The number of nitro groups is 1. The summed E-state index contributed by atoms with van der Waals surface area (Å²) in [4.78, 5) is 39.6. The second-order valence-corrected chi connectivity index (χ2v) is 7.26. The van der Waals surface area contributed by atoms with E-state index in [-0.39, 0.29) is 18.3 Å². The van der Waals surface area contributed by atoms with Crippen molar-refractivity contribution in [2.45, 2.75) is 32.9 Å². The first kappa shape index (κ1) is 19.5. The van der Waals surface area contributed by atoms with E-state index in [1.54, 1.807) is 50.7 Å². The molecule has 26 heavy (non-hydrogen) atoms. The van der Waals surface area contributed by atoms with Crippen LogP contribution >= 0.6 is 0 Å². The van der Waals surface area contributed by atoms with Gasteiger partial charge in [-0.05, 0) is 26.8 Å². The van der Waals surface area contributed by atoms with Gasteiger partial charge in [-0.2, -0.15) is 0 Å². The van der Waals surface area contributed by atoms with Gasteiger partial charge in [0.15, 0.2) is 0 Å². The standard InChI is InChI=1S/C17H24N4O5/c1-17(2,3)26-16(23)19(5)11-12-10-13(21(24)25)6-7-14(12)20-9-8-18(4)15(20)22/h6-7,10H,8-9,11H2,1-5H3. The summed E-state index contributed by atoms with van der Waals surface area (Å²) in [5.41, 5.74) is 0.322. The predicted octanol–water partition coefficient (Wildman–Crippen LogP) is 2.83. The van der Waals surface area contributed by atoms with Crippen LogP contribution in [0.15, 0.2) is 18.2 Å². The van der Waals surface area contributed by atoms with Crippen molar-refractivity contribution in [1.82, 2.24) is 9.80 Å². The normalized spacial score (nSPS) is 14.6. The Morgan fingerprint density at radius 3 is 2.50 bits per heavy atom. The molecule has 1 saturated heterocycles. The van der Waals surface area contributed by atoms with Gasteiger partial charge in [-0.25, -0.2) is 9.59 Å². The molecule has 0 saturated carbocycles. The molecule has 0 aromatic heterocycles. The molecule has 9 nitrogen and oxygen atoms in total. The molecule has 1 aliphatic rings. The molecule has 2 rings (SSSR count). The molecule has 1 aromatic rings. The van der Waals surface area contributed by atoms with Crippen LogP contribution in [-0.2, 0) is 11.3 Å². The first-order valence-corrected chi connectivity index (χ1v) is 8.23. The van der Waals surface area contributed by atoms with Crippen molar-refractivity contribution in [2.75, 3.05) is 32.1 Å². The number of ether oxygens (including phenoxy) is 1. The van der Waals surface area contributed by atoms with E-state index >= 15 is 0 Å². The van der Waals surface area contributed by atoms with Crippen LogP contribution in [0.25, 0.3) is 0 Å². The molecule has 0 unspecified atom stereocenters. The number of urea groups is 1. The number of rotatable bonds is 4. The van der Waals surface area contributed by atoms with Crippen molar-refractivity contribution in [3.05, 3.63) is 33.9 Å². The second kappa shape index (κ2) is 7.19. The van der Waals surface area contributed by atoms with Crippen LogP contribution < -0.4 is 4.90 Å². The number of hydrogen-bond acceptors (Lipinski definition) is 5. The SMILES string of the molecule is CN(Cc1cc([N+](=O)[O-])ccc1N1CCN(C)C1=O)C(=O)OC(C)(C)C.